The van der Waals surface area contributed by atoms with Crippen molar-refractivity contribution < 1.29 is 12.4 Å². The monoisotopic (exact) mass is 357 g/mol. The quantitative estimate of drug-likeness (QED) is 0.775. The molecular formula is C14H7Cl4N3. The first kappa shape index (κ1) is 17.6. The highest BCUT2D eigenvalue weighted by molar-refractivity contribution is 6.39. The van der Waals surface area contributed by atoms with E-state index in [4.69, 9.17) is 40.2 Å². The van der Waals surface area contributed by atoms with Crippen LogP contribution < -0.4 is 12.4 Å². The molecule has 1 unspecified atom stereocenters. The van der Waals surface area contributed by atoms with Crippen molar-refractivity contribution in [2.45, 2.75) is 5.92 Å². The van der Waals surface area contributed by atoms with Gasteiger partial charge in [-0.1, -0.05) is 53.0 Å². The van der Waals surface area contributed by atoms with Crippen LogP contribution in [0.4, 0.5) is 5.69 Å². The first-order valence-electron chi connectivity index (χ1n) is 5.56. The van der Waals surface area contributed by atoms with E-state index in [9.17, 15) is 5.26 Å². The van der Waals surface area contributed by atoms with Crippen LogP contribution in [-0.4, -0.2) is 0 Å². The fourth-order valence-electron chi connectivity index (χ4n) is 1.85. The zero-order chi connectivity index (χ0) is 14.7. The van der Waals surface area contributed by atoms with E-state index in [1.807, 2.05) is 0 Å². The van der Waals surface area contributed by atoms with E-state index in [-0.39, 0.29) is 28.1 Å². The van der Waals surface area contributed by atoms with E-state index in [2.05, 4.69) is 11.0 Å². The van der Waals surface area contributed by atoms with Gasteiger partial charge in [0.15, 0.2) is 4.98 Å². The molecule has 0 bridgehead atoms. The summed E-state index contributed by atoms with van der Waals surface area (Å²) in [7, 11) is 0. The van der Waals surface area contributed by atoms with Gasteiger partial charge in [-0.05, 0) is 23.8 Å². The minimum absolute atomic E-state index is 0. The molecule has 0 saturated heterocycles. The third-order valence-electron chi connectivity index (χ3n) is 2.84. The lowest BCUT2D eigenvalue weighted by Crippen LogP contribution is -3.00. The summed E-state index contributed by atoms with van der Waals surface area (Å²) in [5.74, 6) is -0.600. The SMILES string of the molecule is N#CC(c1ccc(Cl)cc1)c1ccc(Cl)c([N+]#N)c1Cl.[Cl-]. The van der Waals surface area contributed by atoms with Crippen LogP contribution in [0, 0.1) is 16.7 Å². The van der Waals surface area contributed by atoms with Crippen LogP contribution in [0.25, 0.3) is 4.98 Å². The van der Waals surface area contributed by atoms with Gasteiger partial charge in [-0.3, -0.25) is 0 Å². The summed E-state index contributed by atoms with van der Waals surface area (Å²) in [5, 5.41) is 19.3. The molecule has 0 aliphatic heterocycles. The molecular weight excluding hydrogens is 352 g/mol. The van der Waals surface area contributed by atoms with E-state index in [0.717, 1.165) is 5.56 Å². The Morgan fingerprint density at radius 1 is 1.00 bits per heavy atom. The van der Waals surface area contributed by atoms with Gasteiger partial charge in [-0.15, -0.1) is 0 Å². The van der Waals surface area contributed by atoms with E-state index in [1.165, 1.54) is 6.07 Å². The molecule has 106 valence electrons. The van der Waals surface area contributed by atoms with Gasteiger partial charge in [0.2, 0.25) is 5.39 Å². The van der Waals surface area contributed by atoms with E-state index < -0.39 is 5.92 Å². The molecule has 2 aromatic carbocycles. The smallest absolute Gasteiger partial charge is 0.422 e. The third kappa shape index (κ3) is 3.59. The predicted octanol–water partition coefficient (Wildman–Crippen LogP) is 2.79. The van der Waals surface area contributed by atoms with Crippen LogP contribution in [0.15, 0.2) is 36.4 Å². The van der Waals surface area contributed by atoms with E-state index >= 15 is 0 Å². The zero-order valence-electron chi connectivity index (χ0n) is 10.4. The van der Waals surface area contributed by atoms with Crippen molar-refractivity contribution in [3.8, 4) is 6.07 Å². The molecule has 2 rings (SSSR count). The molecule has 1 atom stereocenters. The summed E-state index contributed by atoms with van der Waals surface area (Å²) in [4.78, 5) is 3.06. The summed E-state index contributed by atoms with van der Waals surface area (Å²) in [6.45, 7) is 0. The molecule has 0 heterocycles. The van der Waals surface area contributed by atoms with Crippen LogP contribution in [-0.2, 0) is 0 Å². The van der Waals surface area contributed by atoms with Gasteiger partial charge in [0.05, 0.1) is 12.0 Å². The summed E-state index contributed by atoms with van der Waals surface area (Å²) in [6.07, 6.45) is 0. The number of nitrogens with zero attached hydrogens (tertiary/aromatic N) is 3. The van der Waals surface area contributed by atoms with Gasteiger partial charge in [-0.25, -0.2) is 0 Å². The van der Waals surface area contributed by atoms with Gasteiger partial charge < -0.3 is 12.4 Å². The lowest BCUT2D eigenvalue weighted by molar-refractivity contribution is -0.00000415. The Morgan fingerprint density at radius 3 is 2.14 bits per heavy atom. The number of diazo groups is 1. The maximum absolute atomic E-state index is 9.39. The molecule has 0 saturated carbocycles. The van der Waals surface area contributed by atoms with Gasteiger partial charge >= 0.3 is 5.69 Å². The molecule has 0 amide bonds. The van der Waals surface area contributed by atoms with Crippen LogP contribution in [0.2, 0.25) is 15.1 Å². The number of hydrogen-bond acceptors (Lipinski definition) is 2. The summed E-state index contributed by atoms with van der Waals surface area (Å²) in [5.41, 5.74) is 1.32. The van der Waals surface area contributed by atoms with Crippen molar-refractivity contribution in [1.82, 2.24) is 0 Å². The number of nitriles is 1. The minimum Gasteiger partial charge on any atom is -1.00 e. The largest absolute Gasteiger partial charge is 1.00 e. The first-order valence-corrected chi connectivity index (χ1v) is 6.70. The lowest BCUT2D eigenvalue weighted by atomic mass is 9.92. The number of hydrogen-bond donors (Lipinski definition) is 0. The molecule has 0 aliphatic carbocycles. The second kappa shape index (κ2) is 7.50. The summed E-state index contributed by atoms with van der Waals surface area (Å²) < 4.78 is 0. The second-order valence-electron chi connectivity index (χ2n) is 4.01. The predicted molar refractivity (Wildman–Crippen MR) is 80.1 cm³/mol. The van der Waals surface area contributed by atoms with Gasteiger partial charge in [0.1, 0.15) is 10.0 Å². The van der Waals surface area contributed by atoms with Gasteiger partial charge in [0.25, 0.3) is 0 Å². The molecule has 0 aliphatic rings. The number of benzene rings is 2. The summed E-state index contributed by atoms with van der Waals surface area (Å²) in [6, 6.07) is 12.2. The van der Waals surface area contributed by atoms with Crippen molar-refractivity contribution in [3.63, 3.8) is 0 Å². The fraction of sp³-hybridized carbons (Fsp3) is 0.0714. The van der Waals surface area contributed by atoms with Gasteiger partial charge in [0, 0.05) is 10.6 Å². The van der Waals surface area contributed by atoms with Crippen LogP contribution >= 0.6 is 34.8 Å². The van der Waals surface area contributed by atoms with Crippen molar-refractivity contribution in [3.05, 3.63) is 67.6 Å². The minimum atomic E-state index is -0.600. The normalized spacial score (nSPS) is 10.9. The topological polar surface area (TPSA) is 51.9 Å². The molecule has 21 heavy (non-hydrogen) atoms. The molecule has 2 aromatic rings. The highest BCUT2D eigenvalue weighted by atomic mass is 35.5. The molecule has 7 heteroatoms. The highest BCUT2D eigenvalue weighted by Gasteiger charge is 2.26. The Bertz CT molecular complexity index is 730. The molecule has 0 N–H and O–H groups in total. The zero-order valence-corrected chi connectivity index (χ0v) is 13.4. The van der Waals surface area contributed by atoms with Gasteiger partial charge in [-0.2, -0.15) is 5.26 Å². The maximum Gasteiger partial charge on any atom is 0.422 e. The average molecular weight is 359 g/mol. The number of rotatable bonds is 2. The summed E-state index contributed by atoms with van der Waals surface area (Å²) >= 11 is 17.9. The Labute approximate surface area is 143 Å². The lowest BCUT2D eigenvalue weighted by Gasteiger charge is -2.11. The number of halogens is 4. The van der Waals surface area contributed by atoms with Crippen molar-refractivity contribution >= 4 is 40.5 Å². The van der Waals surface area contributed by atoms with Crippen molar-refractivity contribution in [2.24, 2.45) is 0 Å². The Kier molecular flexibility index (Phi) is 6.27. The standard InChI is InChI=1S/C14H7Cl3N3.ClH/c15-9-3-1-8(2-4-9)11(7-18)10-5-6-12(16)14(20-19)13(10)17;/h1-6,11H;1H/q+1;/p-1. The highest BCUT2D eigenvalue weighted by Crippen LogP contribution is 2.40. The van der Waals surface area contributed by atoms with Crippen LogP contribution in [0.1, 0.15) is 17.0 Å². The van der Waals surface area contributed by atoms with E-state index in [0.29, 0.717) is 10.6 Å². The molecule has 0 aromatic heterocycles. The maximum atomic E-state index is 9.39. The third-order valence-corrected chi connectivity index (χ3v) is 3.79. The van der Waals surface area contributed by atoms with E-state index in [1.54, 1.807) is 30.3 Å². The second-order valence-corrected chi connectivity index (χ2v) is 5.23. The Morgan fingerprint density at radius 2 is 1.62 bits per heavy atom. The van der Waals surface area contributed by atoms with Crippen LogP contribution in [0.3, 0.4) is 0 Å². The average Bonchev–Trinajstić information content (AvgIpc) is 2.44. The van der Waals surface area contributed by atoms with Crippen LogP contribution in [0.5, 0.6) is 0 Å². The molecule has 0 radical (unpaired) electrons. The molecule has 0 fully saturated rings. The Balaban J connectivity index is 0.00000220. The fourth-order valence-corrected chi connectivity index (χ4v) is 2.53. The van der Waals surface area contributed by atoms with Crippen molar-refractivity contribution in [2.75, 3.05) is 0 Å². The molecule has 3 nitrogen and oxygen atoms in total. The van der Waals surface area contributed by atoms with Crippen molar-refractivity contribution in [1.29, 1.82) is 10.7 Å². The first-order chi connectivity index (χ1) is 9.58. The molecule has 0 spiro atoms. The Hall–Kier alpha value is -1.49.